The third kappa shape index (κ3) is 3.81. The van der Waals surface area contributed by atoms with Crippen molar-refractivity contribution in [3.05, 3.63) is 5.28 Å². The Kier molecular flexibility index (Phi) is 4.29. The molecule has 1 heterocycles. The van der Waals surface area contributed by atoms with Crippen LogP contribution < -0.4 is 10.6 Å². The van der Waals surface area contributed by atoms with Crippen molar-refractivity contribution in [1.82, 2.24) is 15.0 Å². The van der Waals surface area contributed by atoms with E-state index >= 15 is 0 Å². The summed E-state index contributed by atoms with van der Waals surface area (Å²) in [5.74, 6) is 0.970. The monoisotopic (exact) mass is 243 g/mol. The van der Waals surface area contributed by atoms with E-state index in [4.69, 9.17) is 11.6 Å². The van der Waals surface area contributed by atoms with Gasteiger partial charge in [-0.3, -0.25) is 0 Å². The largest absolute Gasteiger partial charge is 0.357 e. The van der Waals surface area contributed by atoms with Gasteiger partial charge in [-0.2, -0.15) is 15.0 Å². The predicted molar refractivity (Wildman–Crippen MR) is 67.0 cm³/mol. The minimum absolute atomic E-state index is 0.0511. The standard InChI is InChI=1S/C10H18ClN5/c1-5-6-10(2,3)16-9-14-7(11)13-8(12-4)15-9/h5-6H2,1-4H3,(H2,12,13,14,15,16). The zero-order chi connectivity index (χ0) is 12.2. The van der Waals surface area contributed by atoms with Crippen molar-refractivity contribution in [1.29, 1.82) is 0 Å². The van der Waals surface area contributed by atoms with Gasteiger partial charge >= 0.3 is 0 Å². The van der Waals surface area contributed by atoms with Crippen LogP contribution in [-0.2, 0) is 0 Å². The average molecular weight is 244 g/mol. The maximum Gasteiger partial charge on any atom is 0.229 e. The molecular formula is C10H18ClN5. The van der Waals surface area contributed by atoms with Gasteiger partial charge in [0.1, 0.15) is 0 Å². The van der Waals surface area contributed by atoms with Gasteiger partial charge in [-0.25, -0.2) is 0 Å². The van der Waals surface area contributed by atoms with Crippen molar-refractivity contribution in [3.63, 3.8) is 0 Å². The third-order valence-corrected chi connectivity index (χ3v) is 2.33. The first kappa shape index (κ1) is 13.0. The lowest BCUT2D eigenvalue weighted by molar-refractivity contribution is 0.506. The number of anilines is 2. The van der Waals surface area contributed by atoms with Crippen molar-refractivity contribution in [2.24, 2.45) is 0 Å². The van der Waals surface area contributed by atoms with Crippen LogP contribution in [0.5, 0.6) is 0 Å². The lowest BCUT2D eigenvalue weighted by Gasteiger charge is -2.25. The molecule has 0 atom stereocenters. The summed E-state index contributed by atoms with van der Waals surface area (Å²) in [6, 6.07) is 0. The van der Waals surface area contributed by atoms with Crippen LogP contribution in [0.2, 0.25) is 5.28 Å². The zero-order valence-corrected chi connectivity index (χ0v) is 10.9. The summed E-state index contributed by atoms with van der Waals surface area (Å²) in [4.78, 5) is 12.2. The average Bonchev–Trinajstić information content (AvgIpc) is 2.15. The van der Waals surface area contributed by atoms with Gasteiger partial charge in [0.2, 0.25) is 17.2 Å². The van der Waals surface area contributed by atoms with Crippen molar-refractivity contribution in [3.8, 4) is 0 Å². The second-order valence-electron chi connectivity index (χ2n) is 4.26. The maximum atomic E-state index is 5.79. The lowest BCUT2D eigenvalue weighted by Crippen LogP contribution is -2.31. The molecule has 0 unspecified atom stereocenters. The Hall–Kier alpha value is -1.10. The third-order valence-electron chi connectivity index (χ3n) is 2.16. The smallest absolute Gasteiger partial charge is 0.229 e. The highest BCUT2D eigenvalue weighted by atomic mass is 35.5. The predicted octanol–water partition coefficient (Wildman–Crippen LogP) is 2.56. The number of rotatable bonds is 5. The summed E-state index contributed by atoms with van der Waals surface area (Å²) in [6.45, 7) is 6.35. The summed E-state index contributed by atoms with van der Waals surface area (Å²) in [6.07, 6.45) is 2.13. The van der Waals surface area contributed by atoms with Crippen molar-refractivity contribution in [2.75, 3.05) is 17.7 Å². The quantitative estimate of drug-likeness (QED) is 0.832. The Morgan fingerprint density at radius 1 is 1.19 bits per heavy atom. The normalized spacial score (nSPS) is 11.3. The highest BCUT2D eigenvalue weighted by molar-refractivity contribution is 6.28. The van der Waals surface area contributed by atoms with Gasteiger partial charge in [-0.05, 0) is 31.9 Å². The topological polar surface area (TPSA) is 62.7 Å². The highest BCUT2D eigenvalue weighted by Crippen LogP contribution is 2.18. The number of nitrogens with zero attached hydrogens (tertiary/aromatic N) is 3. The molecule has 1 aromatic rings. The number of halogens is 1. The van der Waals surface area contributed by atoms with E-state index in [-0.39, 0.29) is 10.8 Å². The molecule has 0 aliphatic carbocycles. The Morgan fingerprint density at radius 3 is 2.38 bits per heavy atom. The number of hydrogen-bond acceptors (Lipinski definition) is 5. The second kappa shape index (κ2) is 5.30. The van der Waals surface area contributed by atoms with Crippen LogP contribution in [0, 0.1) is 0 Å². The Balaban J connectivity index is 2.84. The van der Waals surface area contributed by atoms with Crippen LogP contribution in [0.25, 0.3) is 0 Å². The second-order valence-corrected chi connectivity index (χ2v) is 4.60. The van der Waals surface area contributed by atoms with Crippen LogP contribution in [-0.4, -0.2) is 27.5 Å². The molecule has 0 aliphatic heterocycles. The molecule has 0 fully saturated rings. The van der Waals surface area contributed by atoms with Gasteiger partial charge in [-0.1, -0.05) is 13.3 Å². The molecular weight excluding hydrogens is 226 g/mol. The fourth-order valence-corrected chi connectivity index (χ4v) is 1.67. The van der Waals surface area contributed by atoms with Gasteiger partial charge in [0.25, 0.3) is 0 Å². The lowest BCUT2D eigenvalue weighted by atomic mass is 9.99. The van der Waals surface area contributed by atoms with E-state index in [1.165, 1.54) is 0 Å². The van der Waals surface area contributed by atoms with Gasteiger partial charge in [0.15, 0.2) is 0 Å². The Morgan fingerprint density at radius 2 is 1.81 bits per heavy atom. The first-order chi connectivity index (χ1) is 7.46. The van der Waals surface area contributed by atoms with Crippen LogP contribution in [0.1, 0.15) is 33.6 Å². The molecule has 1 aromatic heterocycles. The molecule has 0 radical (unpaired) electrons. The first-order valence-electron chi connectivity index (χ1n) is 5.34. The highest BCUT2D eigenvalue weighted by Gasteiger charge is 2.18. The minimum Gasteiger partial charge on any atom is -0.357 e. The number of nitrogens with one attached hydrogen (secondary N) is 2. The molecule has 0 saturated heterocycles. The van der Waals surface area contributed by atoms with Crippen LogP contribution in [0.3, 0.4) is 0 Å². The summed E-state index contributed by atoms with van der Waals surface area (Å²) in [5.41, 5.74) is -0.0511. The molecule has 0 bridgehead atoms. The van der Waals surface area contributed by atoms with Crippen molar-refractivity contribution < 1.29 is 0 Å². The van der Waals surface area contributed by atoms with Gasteiger partial charge < -0.3 is 10.6 Å². The minimum atomic E-state index is -0.0511. The van der Waals surface area contributed by atoms with E-state index in [1.807, 2.05) is 0 Å². The molecule has 0 aromatic carbocycles. The molecule has 0 saturated carbocycles. The van der Waals surface area contributed by atoms with E-state index in [0.29, 0.717) is 11.9 Å². The zero-order valence-electron chi connectivity index (χ0n) is 10.1. The molecule has 6 heteroatoms. The van der Waals surface area contributed by atoms with E-state index in [1.54, 1.807) is 7.05 Å². The SMILES string of the molecule is CCCC(C)(C)Nc1nc(Cl)nc(NC)n1. The molecule has 0 spiro atoms. The van der Waals surface area contributed by atoms with E-state index in [0.717, 1.165) is 12.8 Å². The summed E-state index contributed by atoms with van der Waals surface area (Å²) in [5, 5.41) is 6.28. The van der Waals surface area contributed by atoms with Gasteiger partial charge in [-0.15, -0.1) is 0 Å². The molecule has 1 rings (SSSR count). The first-order valence-corrected chi connectivity index (χ1v) is 5.72. The molecule has 2 N–H and O–H groups in total. The maximum absolute atomic E-state index is 5.79. The van der Waals surface area contributed by atoms with Gasteiger partial charge in [0.05, 0.1) is 0 Å². The van der Waals surface area contributed by atoms with Crippen LogP contribution >= 0.6 is 11.6 Å². The Bertz CT molecular complexity index is 353. The summed E-state index contributed by atoms with van der Waals surface area (Å²) < 4.78 is 0. The van der Waals surface area contributed by atoms with Gasteiger partial charge in [0, 0.05) is 12.6 Å². The Labute approximate surface area is 101 Å². The van der Waals surface area contributed by atoms with E-state index in [9.17, 15) is 0 Å². The van der Waals surface area contributed by atoms with Crippen LogP contribution in [0.4, 0.5) is 11.9 Å². The molecule has 16 heavy (non-hydrogen) atoms. The van der Waals surface area contributed by atoms with E-state index in [2.05, 4.69) is 46.4 Å². The summed E-state index contributed by atoms with van der Waals surface area (Å²) in [7, 11) is 1.74. The number of aromatic nitrogens is 3. The fraction of sp³-hybridized carbons (Fsp3) is 0.700. The molecule has 0 aliphatic rings. The summed E-state index contributed by atoms with van der Waals surface area (Å²) >= 11 is 5.79. The molecule has 90 valence electrons. The van der Waals surface area contributed by atoms with Crippen molar-refractivity contribution >= 4 is 23.5 Å². The molecule has 0 amide bonds. The van der Waals surface area contributed by atoms with E-state index < -0.39 is 0 Å². The fourth-order valence-electron chi connectivity index (χ4n) is 1.51. The van der Waals surface area contributed by atoms with Crippen molar-refractivity contribution in [2.45, 2.75) is 39.2 Å². The van der Waals surface area contributed by atoms with Crippen LogP contribution in [0.15, 0.2) is 0 Å². The molecule has 5 nitrogen and oxygen atoms in total. The number of hydrogen-bond donors (Lipinski definition) is 2.